The van der Waals surface area contributed by atoms with E-state index in [1.807, 2.05) is 0 Å². The number of ether oxygens (including phenoxy) is 3. The number of hydrogen-bond donors (Lipinski definition) is 1. The third-order valence-electron chi connectivity index (χ3n) is 4.25. The number of carbonyl (C=O) groups excluding carboxylic acids is 1. The molecule has 2 aromatic rings. The third-order valence-corrected chi connectivity index (χ3v) is 6.15. The molecule has 0 spiro atoms. The molecule has 1 heterocycles. The van der Waals surface area contributed by atoms with Crippen molar-refractivity contribution >= 4 is 27.6 Å². The minimum Gasteiger partial charge on any atom is -0.486 e. The number of benzene rings is 2. The standard InChI is InChI=1S/C19H20ClNO6S/c1-12-9-14(19(22)25-2)3-4-17(12)28(23,24)21-6-5-13-10-15(20)18-16(11-13)26-7-8-27-18/h3-4,9-11,21H,5-8H2,1-2H3. The molecule has 0 unspecified atom stereocenters. The van der Waals surface area contributed by atoms with Crippen LogP contribution in [0, 0.1) is 6.92 Å². The van der Waals surface area contributed by atoms with Crippen molar-refractivity contribution in [1.29, 1.82) is 0 Å². The van der Waals surface area contributed by atoms with E-state index in [1.54, 1.807) is 19.1 Å². The third kappa shape index (κ3) is 4.40. The zero-order chi connectivity index (χ0) is 20.3. The molecular weight excluding hydrogens is 406 g/mol. The van der Waals surface area contributed by atoms with Gasteiger partial charge in [0.25, 0.3) is 0 Å². The fraction of sp³-hybridized carbons (Fsp3) is 0.316. The number of aryl methyl sites for hydroxylation is 1. The lowest BCUT2D eigenvalue weighted by molar-refractivity contribution is 0.0600. The number of fused-ring (bicyclic) bond motifs is 1. The van der Waals surface area contributed by atoms with Crippen molar-refractivity contribution < 1.29 is 27.4 Å². The van der Waals surface area contributed by atoms with Gasteiger partial charge in [0, 0.05) is 6.54 Å². The van der Waals surface area contributed by atoms with Crippen molar-refractivity contribution in [3.8, 4) is 11.5 Å². The van der Waals surface area contributed by atoms with Gasteiger partial charge in [-0.3, -0.25) is 0 Å². The van der Waals surface area contributed by atoms with Crippen molar-refractivity contribution in [2.75, 3.05) is 26.9 Å². The molecule has 0 saturated heterocycles. The van der Waals surface area contributed by atoms with Gasteiger partial charge in [-0.2, -0.15) is 0 Å². The van der Waals surface area contributed by atoms with E-state index >= 15 is 0 Å². The Balaban J connectivity index is 1.69. The molecule has 0 amide bonds. The van der Waals surface area contributed by atoms with E-state index in [4.69, 9.17) is 21.1 Å². The molecule has 1 N–H and O–H groups in total. The minimum absolute atomic E-state index is 0.111. The molecule has 9 heteroatoms. The van der Waals surface area contributed by atoms with E-state index < -0.39 is 16.0 Å². The van der Waals surface area contributed by atoms with Crippen LogP contribution in [0.25, 0.3) is 0 Å². The summed E-state index contributed by atoms with van der Waals surface area (Å²) in [6.45, 7) is 2.69. The van der Waals surface area contributed by atoms with Crippen LogP contribution >= 0.6 is 11.6 Å². The maximum Gasteiger partial charge on any atom is 0.337 e. The van der Waals surface area contributed by atoms with Crippen LogP contribution in [-0.2, 0) is 21.2 Å². The van der Waals surface area contributed by atoms with Crippen LogP contribution in [0.1, 0.15) is 21.5 Å². The fourth-order valence-electron chi connectivity index (χ4n) is 2.91. The predicted molar refractivity (Wildman–Crippen MR) is 104 cm³/mol. The Morgan fingerprint density at radius 1 is 1.21 bits per heavy atom. The van der Waals surface area contributed by atoms with Gasteiger partial charge in [-0.15, -0.1) is 0 Å². The maximum atomic E-state index is 12.6. The monoisotopic (exact) mass is 425 g/mol. The zero-order valence-corrected chi connectivity index (χ0v) is 17.0. The molecule has 0 fully saturated rings. The Kier molecular flexibility index (Phi) is 6.12. The Hall–Kier alpha value is -2.29. The van der Waals surface area contributed by atoms with Gasteiger partial charge in [0.15, 0.2) is 11.5 Å². The van der Waals surface area contributed by atoms with Gasteiger partial charge in [0.1, 0.15) is 13.2 Å². The molecule has 2 aromatic carbocycles. The summed E-state index contributed by atoms with van der Waals surface area (Å²) in [5.41, 5.74) is 1.58. The number of hydrogen-bond acceptors (Lipinski definition) is 6. The summed E-state index contributed by atoms with van der Waals surface area (Å²) < 4.78 is 43.4. The second-order valence-corrected chi connectivity index (χ2v) is 8.36. The molecule has 3 rings (SSSR count). The van der Waals surface area contributed by atoms with Crippen LogP contribution in [0.4, 0.5) is 0 Å². The number of methoxy groups -OCH3 is 1. The van der Waals surface area contributed by atoms with Gasteiger partial charge >= 0.3 is 5.97 Å². The summed E-state index contributed by atoms with van der Waals surface area (Å²) in [4.78, 5) is 11.7. The van der Waals surface area contributed by atoms with Crippen LogP contribution in [0.5, 0.6) is 11.5 Å². The predicted octanol–water partition coefficient (Wildman–Crippen LogP) is 2.73. The summed E-state index contributed by atoms with van der Waals surface area (Å²) in [5, 5.41) is 0.435. The van der Waals surface area contributed by atoms with Crippen LogP contribution in [0.2, 0.25) is 5.02 Å². The highest BCUT2D eigenvalue weighted by Crippen LogP contribution is 2.38. The summed E-state index contributed by atoms with van der Waals surface area (Å²) in [5.74, 6) is 0.555. The number of esters is 1. The minimum atomic E-state index is -3.73. The van der Waals surface area contributed by atoms with Gasteiger partial charge in [0.2, 0.25) is 10.0 Å². The Bertz CT molecular complexity index is 1010. The largest absolute Gasteiger partial charge is 0.486 e. The highest BCUT2D eigenvalue weighted by molar-refractivity contribution is 7.89. The molecule has 0 radical (unpaired) electrons. The van der Waals surface area contributed by atoms with Crippen molar-refractivity contribution in [2.45, 2.75) is 18.2 Å². The molecule has 7 nitrogen and oxygen atoms in total. The Morgan fingerprint density at radius 3 is 2.68 bits per heavy atom. The van der Waals surface area contributed by atoms with Crippen LogP contribution in [-0.4, -0.2) is 41.3 Å². The molecule has 0 aliphatic carbocycles. The smallest absolute Gasteiger partial charge is 0.337 e. The first-order valence-electron chi connectivity index (χ1n) is 8.58. The quantitative estimate of drug-likeness (QED) is 0.715. The number of nitrogens with one attached hydrogen (secondary N) is 1. The highest BCUT2D eigenvalue weighted by Gasteiger charge is 2.19. The number of rotatable bonds is 6. The average molecular weight is 426 g/mol. The molecule has 1 aliphatic rings. The molecule has 0 bridgehead atoms. The first-order chi connectivity index (χ1) is 13.3. The molecule has 28 heavy (non-hydrogen) atoms. The average Bonchev–Trinajstić information content (AvgIpc) is 2.67. The summed E-state index contributed by atoms with van der Waals surface area (Å²) in [7, 11) is -2.46. The molecule has 0 aromatic heterocycles. The molecule has 0 saturated carbocycles. The van der Waals surface area contributed by atoms with E-state index in [9.17, 15) is 13.2 Å². The second-order valence-electron chi connectivity index (χ2n) is 6.22. The van der Waals surface area contributed by atoms with Crippen molar-refractivity contribution in [1.82, 2.24) is 4.72 Å². The van der Waals surface area contributed by atoms with Crippen LogP contribution in [0.15, 0.2) is 35.2 Å². The summed E-state index contributed by atoms with van der Waals surface area (Å²) in [6, 6.07) is 7.84. The van der Waals surface area contributed by atoms with Crippen LogP contribution in [0.3, 0.4) is 0 Å². The fourth-order valence-corrected chi connectivity index (χ4v) is 4.46. The highest BCUT2D eigenvalue weighted by atomic mass is 35.5. The van der Waals surface area contributed by atoms with Gasteiger partial charge < -0.3 is 14.2 Å². The summed E-state index contributed by atoms with van der Waals surface area (Å²) in [6.07, 6.45) is 0.425. The maximum absolute atomic E-state index is 12.6. The lowest BCUT2D eigenvalue weighted by Crippen LogP contribution is -2.27. The number of halogens is 1. The van der Waals surface area contributed by atoms with Gasteiger partial charge in [-0.05, 0) is 54.8 Å². The number of carbonyl (C=O) groups is 1. The summed E-state index contributed by atoms with van der Waals surface area (Å²) >= 11 is 6.20. The van der Waals surface area contributed by atoms with Gasteiger partial charge in [-0.25, -0.2) is 17.9 Å². The van der Waals surface area contributed by atoms with Crippen molar-refractivity contribution in [2.24, 2.45) is 0 Å². The normalized spacial score (nSPS) is 13.2. The van der Waals surface area contributed by atoms with E-state index in [-0.39, 0.29) is 11.4 Å². The first kappa shape index (κ1) is 20.4. The van der Waals surface area contributed by atoms with Crippen molar-refractivity contribution in [3.63, 3.8) is 0 Å². The Labute approximate surface area is 168 Å². The van der Waals surface area contributed by atoms with E-state index in [0.717, 1.165) is 5.56 Å². The number of sulfonamides is 1. The molecule has 0 atom stereocenters. The molecular formula is C19H20ClNO6S. The van der Waals surface area contributed by atoms with E-state index in [0.29, 0.717) is 47.3 Å². The van der Waals surface area contributed by atoms with Gasteiger partial charge in [0.05, 0.1) is 22.6 Å². The van der Waals surface area contributed by atoms with Crippen LogP contribution < -0.4 is 14.2 Å². The lowest BCUT2D eigenvalue weighted by atomic mass is 10.1. The first-order valence-corrected chi connectivity index (χ1v) is 10.4. The molecule has 150 valence electrons. The van der Waals surface area contributed by atoms with Crippen molar-refractivity contribution in [3.05, 3.63) is 52.0 Å². The van der Waals surface area contributed by atoms with Gasteiger partial charge in [-0.1, -0.05) is 11.6 Å². The van der Waals surface area contributed by atoms with E-state index in [2.05, 4.69) is 9.46 Å². The molecule has 1 aliphatic heterocycles. The SMILES string of the molecule is COC(=O)c1ccc(S(=O)(=O)NCCc2cc(Cl)c3c(c2)OCCO3)c(C)c1. The zero-order valence-electron chi connectivity index (χ0n) is 15.5. The topological polar surface area (TPSA) is 90.9 Å². The second kappa shape index (κ2) is 8.38. The van der Waals surface area contributed by atoms with E-state index in [1.165, 1.54) is 25.3 Å². The lowest BCUT2D eigenvalue weighted by Gasteiger charge is -2.20. The Morgan fingerprint density at radius 2 is 1.96 bits per heavy atom.